The van der Waals surface area contributed by atoms with Gasteiger partial charge in [0.2, 0.25) is 5.91 Å². The van der Waals surface area contributed by atoms with Crippen molar-refractivity contribution in [3.8, 4) is 0 Å². The van der Waals surface area contributed by atoms with Crippen LogP contribution in [-0.2, 0) is 15.4 Å². The molecule has 1 amide bonds. The van der Waals surface area contributed by atoms with Crippen LogP contribution in [0.5, 0.6) is 0 Å². The highest BCUT2D eigenvalue weighted by molar-refractivity contribution is 6.97. The fourth-order valence-electron chi connectivity index (χ4n) is 4.44. The smallest absolute Gasteiger partial charge is 0.391 e. The number of aliphatic hydroxyl groups is 1. The van der Waals surface area contributed by atoms with E-state index in [4.69, 9.17) is 9.36 Å². The van der Waals surface area contributed by atoms with Gasteiger partial charge < -0.3 is 24.7 Å². The van der Waals surface area contributed by atoms with Gasteiger partial charge in [-0.2, -0.15) is 13.2 Å². The Morgan fingerprint density at radius 3 is 2.65 bits per heavy atom. The number of likely N-dealkylation sites (tertiary alicyclic amines) is 1. The Bertz CT molecular complexity index is 1070. The molecule has 2 aromatic rings. The van der Waals surface area contributed by atoms with Crippen molar-refractivity contribution in [2.45, 2.75) is 50.2 Å². The zero-order valence-electron chi connectivity index (χ0n) is 19.0. The summed E-state index contributed by atoms with van der Waals surface area (Å²) in [5.41, 5.74) is -2.37. The van der Waals surface area contributed by atoms with Crippen LogP contribution in [-0.4, -0.2) is 66.7 Å². The van der Waals surface area contributed by atoms with Crippen LogP contribution in [0.1, 0.15) is 37.5 Å². The average Bonchev–Trinajstić information content (AvgIpc) is 3.52. The molecule has 0 spiro atoms. The highest BCUT2D eigenvalue weighted by Crippen LogP contribution is 2.43. The number of nitrogens with one attached hydrogen (secondary N) is 1. The van der Waals surface area contributed by atoms with Crippen LogP contribution in [0.3, 0.4) is 0 Å². The quantitative estimate of drug-likeness (QED) is 0.584. The SMILES string of the molecule is BBc1cc(C(C(=O)N2C[C@H](O)C[C@H]2C2=NOC(c3ccccc3)(C(F)(F)F)N2)C(C)C)on1. The maximum atomic E-state index is 14.2. The second-order valence-electron chi connectivity index (χ2n) is 8.93. The molecule has 8 nitrogen and oxygen atoms in total. The first kappa shape index (κ1) is 24.2. The number of carbonyl (C=O) groups is 1. The highest BCUT2D eigenvalue weighted by Gasteiger charge is 2.64. The Morgan fingerprint density at radius 1 is 1.35 bits per heavy atom. The van der Waals surface area contributed by atoms with Gasteiger partial charge in [-0.3, -0.25) is 4.79 Å². The molecule has 34 heavy (non-hydrogen) atoms. The lowest BCUT2D eigenvalue weighted by Gasteiger charge is -2.32. The number of rotatable bonds is 6. The molecule has 0 bridgehead atoms. The summed E-state index contributed by atoms with van der Waals surface area (Å²) in [5, 5.41) is 20.4. The van der Waals surface area contributed by atoms with E-state index in [0.717, 1.165) is 0 Å². The minimum atomic E-state index is -4.84. The number of hydrogen-bond donors (Lipinski definition) is 2. The summed E-state index contributed by atoms with van der Waals surface area (Å²) in [5.74, 6) is -1.07. The van der Waals surface area contributed by atoms with E-state index in [9.17, 15) is 23.1 Å². The van der Waals surface area contributed by atoms with Crippen molar-refractivity contribution < 1.29 is 32.4 Å². The number of benzene rings is 1. The van der Waals surface area contributed by atoms with Gasteiger partial charge in [-0.05, 0) is 12.0 Å². The van der Waals surface area contributed by atoms with Crippen molar-refractivity contribution in [3.05, 3.63) is 47.7 Å². The number of aromatic nitrogens is 1. The molecule has 4 atom stereocenters. The Balaban J connectivity index is 1.63. The number of amides is 1. The van der Waals surface area contributed by atoms with Gasteiger partial charge in [-0.25, -0.2) is 0 Å². The largest absolute Gasteiger partial charge is 0.456 e. The molecule has 1 saturated heterocycles. The van der Waals surface area contributed by atoms with E-state index < -0.39 is 30.0 Å². The summed E-state index contributed by atoms with van der Waals surface area (Å²) in [6, 6.07) is 7.89. The van der Waals surface area contributed by atoms with Crippen molar-refractivity contribution in [2.24, 2.45) is 11.1 Å². The summed E-state index contributed by atoms with van der Waals surface area (Å²) < 4.78 is 47.9. The molecule has 13 heteroatoms. The molecule has 0 radical (unpaired) electrons. The normalized spacial score (nSPS) is 25.6. The maximum absolute atomic E-state index is 14.2. The van der Waals surface area contributed by atoms with Gasteiger partial charge in [0.1, 0.15) is 18.8 Å². The zero-order valence-corrected chi connectivity index (χ0v) is 19.0. The zero-order chi connectivity index (χ0) is 24.7. The van der Waals surface area contributed by atoms with E-state index in [2.05, 4.69) is 15.6 Å². The van der Waals surface area contributed by atoms with Crippen molar-refractivity contribution in [1.82, 2.24) is 15.4 Å². The lowest BCUT2D eigenvalue weighted by Crippen LogP contribution is -2.57. The molecular formula is C21H25B2F3N4O4. The second-order valence-corrected chi connectivity index (χ2v) is 8.93. The van der Waals surface area contributed by atoms with Crippen LogP contribution < -0.4 is 10.9 Å². The highest BCUT2D eigenvalue weighted by atomic mass is 19.4. The first-order valence-corrected chi connectivity index (χ1v) is 11.2. The first-order chi connectivity index (χ1) is 16.1. The second kappa shape index (κ2) is 9.01. The molecule has 1 fully saturated rings. The molecule has 1 aromatic heterocycles. The Morgan fingerprint density at radius 2 is 2.06 bits per heavy atom. The van der Waals surface area contributed by atoms with E-state index in [0.29, 0.717) is 18.5 Å². The minimum Gasteiger partial charge on any atom is -0.391 e. The number of aliphatic hydroxyl groups excluding tert-OH is 1. The summed E-state index contributed by atoms with van der Waals surface area (Å²) >= 11 is 0. The number of nitrogens with zero attached hydrogens (tertiary/aromatic N) is 3. The van der Waals surface area contributed by atoms with Crippen molar-refractivity contribution >= 4 is 32.2 Å². The summed E-state index contributed by atoms with van der Waals surface area (Å²) in [6.07, 6.45) is -5.75. The third-order valence-electron chi connectivity index (χ3n) is 6.22. The molecule has 2 N–H and O–H groups in total. The van der Waals surface area contributed by atoms with Crippen LogP contribution in [0.2, 0.25) is 0 Å². The lowest BCUT2D eigenvalue weighted by atomic mass is 9.53. The molecule has 180 valence electrons. The maximum Gasteiger partial charge on any atom is 0.456 e. The number of carbonyl (C=O) groups excluding carboxylic acids is 1. The first-order valence-electron chi connectivity index (χ1n) is 11.2. The van der Waals surface area contributed by atoms with E-state index in [1.807, 2.05) is 21.6 Å². The minimum absolute atomic E-state index is 0.0189. The molecule has 0 saturated carbocycles. The fourth-order valence-corrected chi connectivity index (χ4v) is 4.44. The summed E-state index contributed by atoms with van der Waals surface area (Å²) in [7, 11) is 2.54. The average molecular weight is 476 g/mol. The van der Waals surface area contributed by atoms with E-state index in [1.54, 1.807) is 12.1 Å². The predicted molar refractivity (Wildman–Crippen MR) is 121 cm³/mol. The van der Waals surface area contributed by atoms with Gasteiger partial charge in [0.15, 0.2) is 5.84 Å². The monoisotopic (exact) mass is 476 g/mol. The van der Waals surface area contributed by atoms with E-state index >= 15 is 0 Å². The van der Waals surface area contributed by atoms with Crippen LogP contribution in [0.25, 0.3) is 0 Å². The van der Waals surface area contributed by atoms with Gasteiger partial charge in [-0.15, -0.1) is 0 Å². The van der Waals surface area contributed by atoms with Gasteiger partial charge >= 0.3 is 11.9 Å². The molecule has 0 aliphatic carbocycles. The van der Waals surface area contributed by atoms with Crippen molar-refractivity contribution in [3.63, 3.8) is 0 Å². The molecule has 2 aliphatic rings. The van der Waals surface area contributed by atoms with Crippen LogP contribution >= 0.6 is 0 Å². The van der Waals surface area contributed by atoms with Gasteiger partial charge in [-0.1, -0.05) is 54.5 Å². The molecule has 2 aliphatic heterocycles. The van der Waals surface area contributed by atoms with Crippen LogP contribution in [0, 0.1) is 5.92 Å². The third kappa shape index (κ3) is 4.17. The standard InChI is InChI=1S/C21H25B2F3N4O4/c1-11(2)17(15-9-16(23-22)28-33-15)19(32)30-10-13(31)8-14(30)18-27-20(34-29-18,21(24,25)26)12-6-4-3-5-7-12/h3-7,9,11,13-14,17,23,31H,8,10,22H2,1-2H3,(H,27,29)/t13-,14+,17?,20?/m1/s1. The summed E-state index contributed by atoms with van der Waals surface area (Å²) in [6.45, 7) is 3.64. The fraction of sp³-hybridized carbons (Fsp3) is 0.476. The van der Waals surface area contributed by atoms with Crippen LogP contribution in [0.15, 0.2) is 46.1 Å². The molecule has 1 aromatic carbocycles. The van der Waals surface area contributed by atoms with Gasteiger partial charge in [0.25, 0.3) is 0 Å². The lowest BCUT2D eigenvalue weighted by molar-refractivity contribution is -0.284. The van der Waals surface area contributed by atoms with Crippen molar-refractivity contribution in [2.75, 3.05) is 6.54 Å². The topological polar surface area (TPSA) is 100 Å². The molecule has 3 heterocycles. The van der Waals surface area contributed by atoms with Gasteiger partial charge in [0.05, 0.1) is 19.9 Å². The molecule has 4 rings (SSSR count). The predicted octanol–water partition coefficient (Wildman–Crippen LogP) is 0.335. The summed E-state index contributed by atoms with van der Waals surface area (Å²) in [4.78, 5) is 19.9. The Kier molecular flexibility index (Phi) is 6.41. The van der Waals surface area contributed by atoms with Crippen molar-refractivity contribution in [1.29, 1.82) is 0 Å². The number of amidine groups is 1. The van der Waals surface area contributed by atoms with E-state index in [1.165, 1.54) is 29.2 Å². The van der Waals surface area contributed by atoms with Crippen LogP contribution in [0.4, 0.5) is 13.2 Å². The molecule has 2 unspecified atom stereocenters. The number of oxime groups is 1. The Labute approximate surface area is 196 Å². The van der Waals surface area contributed by atoms with E-state index in [-0.39, 0.29) is 36.2 Å². The number of alkyl halides is 3. The number of halogens is 3. The number of β-amino-alcohol motifs (C(OH)–C–C–N with tert-alkyl or cyclic N) is 1. The third-order valence-corrected chi connectivity index (χ3v) is 6.22. The Hall–Kier alpha value is -2.95. The number of hydrogen-bond acceptors (Lipinski definition) is 7. The van der Waals surface area contributed by atoms with Gasteiger partial charge in [0, 0.05) is 24.1 Å². The molecular weight excluding hydrogens is 451 g/mol.